The van der Waals surface area contributed by atoms with Crippen molar-refractivity contribution in [2.75, 3.05) is 24.5 Å². The van der Waals surface area contributed by atoms with Gasteiger partial charge >= 0.3 is 0 Å². The minimum absolute atomic E-state index is 0.00668. The summed E-state index contributed by atoms with van der Waals surface area (Å²) in [4.78, 5) is 26.4. The first-order valence-electron chi connectivity index (χ1n) is 8.67. The average molecular weight is 335 g/mol. The normalized spacial score (nSPS) is 17.6. The second-order valence-electron chi connectivity index (χ2n) is 6.47. The van der Waals surface area contributed by atoms with E-state index < -0.39 is 0 Å². The number of hydrogen-bond donors (Lipinski definition) is 2. The van der Waals surface area contributed by atoms with Gasteiger partial charge in [0.2, 0.25) is 0 Å². The molecule has 128 valence electrons. The molecule has 6 heteroatoms. The minimum Gasteiger partial charge on any atom is -0.356 e. The first-order chi connectivity index (χ1) is 12.3. The second kappa shape index (κ2) is 6.93. The predicted octanol–water partition coefficient (Wildman–Crippen LogP) is 2.60. The van der Waals surface area contributed by atoms with Crippen molar-refractivity contribution in [1.82, 2.24) is 20.3 Å². The van der Waals surface area contributed by atoms with E-state index in [1.54, 1.807) is 6.33 Å². The van der Waals surface area contributed by atoms with E-state index in [2.05, 4.69) is 25.2 Å². The van der Waals surface area contributed by atoms with Crippen molar-refractivity contribution in [3.05, 3.63) is 54.5 Å². The minimum atomic E-state index is -0.00668. The Morgan fingerprint density at radius 1 is 1.24 bits per heavy atom. The standard InChI is InChI=1S/C19H21N5O/c25-19(15-6-2-1-3-7-15)21-11-14-5-4-10-24(12-14)18-16-8-9-20-17(16)22-13-23-18/h1-3,6-9,13-14H,4-5,10-12H2,(H,21,25)(H,20,22,23). The first kappa shape index (κ1) is 15.6. The molecule has 2 aromatic heterocycles. The van der Waals surface area contributed by atoms with E-state index in [9.17, 15) is 4.79 Å². The number of carbonyl (C=O) groups excluding carboxylic acids is 1. The van der Waals surface area contributed by atoms with Crippen LogP contribution in [0.15, 0.2) is 48.9 Å². The van der Waals surface area contributed by atoms with Crippen molar-refractivity contribution >= 4 is 22.8 Å². The lowest BCUT2D eigenvalue weighted by molar-refractivity contribution is 0.0945. The Hall–Kier alpha value is -2.89. The van der Waals surface area contributed by atoms with Gasteiger partial charge in [0, 0.05) is 31.4 Å². The molecule has 1 unspecified atom stereocenters. The number of piperidine rings is 1. The van der Waals surface area contributed by atoms with E-state index in [-0.39, 0.29) is 5.91 Å². The number of benzene rings is 1. The van der Waals surface area contributed by atoms with Gasteiger partial charge in [0.15, 0.2) is 0 Å². The van der Waals surface area contributed by atoms with Crippen LogP contribution in [0.25, 0.3) is 11.0 Å². The van der Waals surface area contributed by atoms with Crippen molar-refractivity contribution in [2.24, 2.45) is 5.92 Å². The lowest BCUT2D eigenvalue weighted by Crippen LogP contribution is -2.41. The molecule has 1 fully saturated rings. The van der Waals surface area contributed by atoms with Gasteiger partial charge in [-0.05, 0) is 37.0 Å². The number of fused-ring (bicyclic) bond motifs is 1. The number of anilines is 1. The van der Waals surface area contributed by atoms with Gasteiger partial charge in [-0.2, -0.15) is 0 Å². The number of aromatic nitrogens is 3. The monoisotopic (exact) mass is 335 g/mol. The van der Waals surface area contributed by atoms with E-state index in [1.807, 2.05) is 42.6 Å². The van der Waals surface area contributed by atoms with E-state index in [4.69, 9.17) is 0 Å². The Balaban J connectivity index is 1.41. The van der Waals surface area contributed by atoms with Gasteiger partial charge in [-0.3, -0.25) is 4.79 Å². The van der Waals surface area contributed by atoms with Crippen molar-refractivity contribution in [3.8, 4) is 0 Å². The number of amides is 1. The molecule has 0 spiro atoms. The van der Waals surface area contributed by atoms with Crippen LogP contribution in [0.3, 0.4) is 0 Å². The van der Waals surface area contributed by atoms with Crippen LogP contribution >= 0.6 is 0 Å². The Kier molecular flexibility index (Phi) is 4.33. The van der Waals surface area contributed by atoms with Gasteiger partial charge in [0.05, 0.1) is 5.39 Å². The van der Waals surface area contributed by atoms with Crippen LogP contribution in [0.2, 0.25) is 0 Å². The van der Waals surface area contributed by atoms with Gasteiger partial charge in [-0.15, -0.1) is 0 Å². The van der Waals surface area contributed by atoms with Gasteiger partial charge in [0.25, 0.3) is 5.91 Å². The zero-order chi connectivity index (χ0) is 17.1. The van der Waals surface area contributed by atoms with Crippen LogP contribution in [0.5, 0.6) is 0 Å². The highest BCUT2D eigenvalue weighted by molar-refractivity contribution is 5.94. The zero-order valence-corrected chi connectivity index (χ0v) is 14.0. The molecule has 1 atom stereocenters. The van der Waals surface area contributed by atoms with Gasteiger partial charge < -0.3 is 15.2 Å². The number of aromatic amines is 1. The molecule has 25 heavy (non-hydrogen) atoms. The van der Waals surface area contributed by atoms with Gasteiger partial charge in [-0.25, -0.2) is 9.97 Å². The van der Waals surface area contributed by atoms with Crippen LogP contribution < -0.4 is 10.2 Å². The smallest absolute Gasteiger partial charge is 0.251 e. The number of rotatable bonds is 4. The molecule has 0 aliphatic carbocycles. The SMILES string of the molecule is O=C(NCC1CCCN(c2ncnc3[nH]ccc23)C1)c1ccccc1. The van der Waals surface area contributed by atoms with E-state index >= 15 is 0 Å². The van der Waals surface area contributed by atoms with Crippen LogP contribution in [-0.2, 0) is 0 Å². The molecule has 6 nitrogen and oxygen atoms in total. The molecule has 3 aromatic rings. The Labute approximate surface area is 146 Å². The topological polar surface area (TPSA) is 73.9 Å². The molecule has 0 saturated carbocycles. The summed E-state index contributed by atoms with van der Waals surface area (Å²) >= 11 is 0. The van der Waals surface area contributed by atoms with Crippen molar-refractivity contribution in [3.63, 3.8) is 0 Å². The number of nitrogens with zero attached hydrogens (tertiary/aromatic N) is 3. The molecule has 1 aromatic carbocycles. The molecule has 2 N–H and O–H groups in total. The van der Waals surface area contributed by atoms with E-state index in [0.29, 0.717) is 18.0 Å². The maximum atomic E-state index is 12.2. The molecule has 1 aliphatic rings. The number of carbonyl (C=O) groups is 1. The maximum Gasteiger partial charge on any atom is 0.251 e. The summed E-state index contributed by atoms with van der Waals surface area (Å²) in [5, 5.41) is 4.12. The van der Waals surface area contributed by atoms with Crippen LogP contribution in [0.4, 0.5) is 5.82 Å². The Morgan fingerprint density at radius 3 is 3.00 bits per heavy atom. The summed E-state index contributed by atoms with van der Waals surface area (Å²) < 4.78 is 0. The highest BCUT2D eigenvalue weighted by Crippen LogP contribution is 2.26. The van der Waals surface area contributed by atoms with Crippen LogP contribution in [0.1, 0.15) is 23.2 Å². The molecular formula is C19H21N5O. The summed E-state index contributed by atoms with van der Waals surface area (Å²) in [6, 6.07) is 11.4. The fourth-order valence-electron chi connectivity index (χ4n) is 3.46. The van der Waals surface area contributed by atoms with Crippen molar-refractivity contribution in [1.29, 1.82) is 0 Å². The van der Waals surface area contributed by atoms with Crippen LogP contribution in [-0.4, -0.2) is 40.5 Å². The second-order valence-corrected chi connectivity index (χ2v) is 6.47. The molecule has 1 aliphatic heterocycles. The highest BCUT2D eigenvalue weighted by Gasteiger charge is 2.23. The van der Waals surface area contributed by atoms with E-state index in [1.165, 1.54) is 0 Å². The fourth-order valence-corrected chi connectivity index (χ4v) is 3.46. The summed E-state index contributed by atoms with van der Waals surface area (Å²) in [6.45, 7) is 2.57. The molecule has 0 bridgehead atoms. The lowest BCUT2D eigenvalue weighted by atomic mass is 9.97. The number of H-pyrrole nitrogens is 1. The largest absolute Gasteiger partial charge is 0.356 e. The molecular weight excluding hydrogens is 314 g/mol. The Morgan fingerprint density at radius 2 is 2.12 bits per heavy atom. The molecule has 1 amide bonds. The summed E-state index contributed by atoms with van der Waals surface area (Å²) in [5.41, 5.74) is 1.57. The number of nitrogens with one attached hydrogen (secondary N) is 2. The van der Waals surface area contributed by atoms with Gasteiger partial charge in [-0.1, -0.05) is 18.2 Å². The number of hydrogen-bond acceptors (Lipinski definition) is 4. The van der Waals surface area contributed by atoms with Crippen molar-refractivity contribution in [2.45, 2.75) is 12.8 Å². The lowest BCUT2D eigenvalue weighted by Gasteiger charge is -2.33. The maximum absolute atomic E-state index is 12.2. The van der Waals surface area contributed by atoms with E-state index in [0.717, 1.165) is 42.8 Å². The summed E-state index contributed by atoms with van der Waals surface area (Å²) in [7, 11) is 0. The molecule has 3 heterocycles. The predicted molar refractivity (Wildman–Crippen MR) is 97.6 cm³/mol. The third-order valence-corrected chi connectivity index (χ3v) is 4.74. The fraction of sp³-hybridized carbons (Fsp3) is 0.316. The molecule has 0 radical (unpaired) electrons. The first-order valence-corrected chi connectivity index (χ1v) is 8.67. The average Bonchev–Trinajstić information content (AvgIpc) is 3.16. The summed E-state index contributed by atoms with van der Waals surface area (Å²) in [6.07, 6.45) is 5.72. The summed E-state index contributed by atoms with van der Waals surface area (Å²) in [5.74, 6) is 1.39. The third kappa shape index (κ3) is 3.33. The quantitative estimate of drug-likeness (QED) is 0.768. The Bertz CT molecular complexity index is 860. The molecule has 1 saturated heterocycles. The zero-order valence-electron chi connectivity index (χ0n) is 14.0. The molecule has 4 rings (SSSR count). The third-order valence-electron chi connectivity index (χ3n) is 4.74. The van der Waals surface area contributed by atoms with Crippen molar-refractivity contribution < 1.29 is 4.79 Å². The highest BCUT2D eigenvalue weighted by atomic mass is 16.1. The van der Waals surface area contributed by atoms with Gasteiger partial charge in [0.1, 0.15) is 17.8 Å². The van der Waals surface area contributed by atoms with Crippen LogP contribution in [0, 0.1) is 5.92 Å².